The molecule has 0 unspecified atom stereocenters. The van der Waals surface area contributed by atoms with Crippen molar-refractivity contribution in [3.8, 4) is 6.07 Å². The van der Waals surface area contributed by atoms with Gasteiger partial charge < -0.3 is 0 Å². The van der Waals surface area contributed by atoms with Crippen LogP contribution in [0.3, 0.4) is 0 Å². The van der Waals surface area contributed by atoms with Crippen molar-refractivity contribution in [2.45, 2.75) is 24.7 Å². The number of anilines is 1. The highest BCUT2D eigenvalue weighted by Crippen LogP contribution is 2.25. The summed E-state index contributed by atoms with van der Waals surface area (Å²) in [4.78, 5) is -0.155. The van der Waals surface area contributed by atoms with E-state index in [1.165, 1.54) is 18.2 Å². The van der Waals surface area contributed by atoms with Crippen LogP contribution in [0.25, 0.3) is 0 Å². The Morgan fingerprint density at radius 3 is 2.67 bits per heavy atom. The van der Waals surface area contributed by atoms with Crippen LogP contribution in [0.15, 0.2) is 29.2 Å². The molecule has 0 amide bonds. The number of hydrogen-bond donors (Lipinski definition) is 2. The van der Waals surface area contributed by atoms with Crippen LogP contribution in [0.5, 0.6) is 0 Å². The van der Waals surface area contributed by atoms with Gasteiger partial charge in [0.25, 0.3) is 10.0 Å². The number of nitriles is 1. The molecule has 110 valence electrons. The van der Waals surface area contributed by atoms with Crippen molar-refractivity contribution in [3.63, 3.8) is 0 Å². The molecule has 0 aliphatic heterocycles. The molecule has 21 heavy (non-hydrogen) atoms. The summed E-state index contributed by atoms with van der Waals surface area (Å²) in [7, 11) is -3.90. The minimum atomic E-state index is -3.90. The van der Waals surface area contributed by atoms with E-state index in [9.17, 15) is 8.42 Å². The number of aromatic nitrogens is 2. The number of sulfonamides is 1. The van der Waals surface area contributed by atoms with Gasteiger partial charge in [-0.15, -0.1) is 0 Å². The standard InChI is InChI=1S/C13H13ClN4O2S/c1-8(2)11-6-13(17-16-11)18-21(19,20)12-5-9(7-15)3-4-10(12)14/h3-6,8H,1-2H3,(H2,16,17,18). The lowest BCUT2D eigenvalue weighted by Crippen LogP contribution is -2.14. The summed E-state index contributed by atoms with van der Waals surface area (Å²) < 4.78 is 27.0. The van der Waals surface area contributed by atoms with Crippen LogP contribution >= 0.6 is 11.6 Å². The maximum Gasteiger partial charge on any atom is 0.264 e. The summed E-state index contributed by atoms with van der Waals surface area (Å²) in [6.07, 6.45) is 0. The number of benzene rings is 1. The molecule has 0 radical (unpaired) electrons. The molecule has 8 heteroatoms. The van der Waals surface area contributed by atoms with Crippen molar-refractivity contribution in [2.75, 3.05) is 4.72 Å². The van der Waals surface area contributed by atoms with E-state index in [0.29, 0.717) is 0 Å². The molecule has 0 fully saturated rings. The Bertz CT molecular complexity index is 806. The number of rotatable bonds is 4. The quantitative estimate of drug-likeness (QED) is 0.903. The summed E-state index contributed by atoms with van der Waals surface area (Å²) in [5.41, 5.74) is 1.02. The van der Waals surface area contributed by atoms with Crippen molar-refractivity contribution >= 4 is 27.4 Å². The second-order valence-corrected chi connectivity index (χ2v) is 6.78. The number of H-pyrrole nitrogens is 1. The van der Waals surface area contributed by atoms with Crippen LogP contribution in [-0.4, -0.2) is 18.6 Å². The molecule has 0 saturated heterocycles. The molecule has 2 N–H and O–H groups in total. The van der Waals surface area contributed by atoms with Gasteiger partial charge in [-0.3, -0.25) is 9.82 Å². The zero-order chi connectivity index (χ0) is 15.6. The molecule has 1 heterocycles. The SMILES string of the molecule is CC(C)c1cc(NS(=O)(=O)c2cc(C#N)ccc2Cl)n[nH]1. The van der Waals surface area contributed by atoms with E-state index in [2.05, 4.69) is 14.9 Å². The molecule has 6 nitrogen and oxygen atoms in total. The lowest BCUT2D eigenvalue weighted by atomic mass is 10.1. The van der Waals surface area contributed by atoms with E-state index < -0.39 is 10.0 Å². The van der Waals surface area contributed by atoms with E-state index in [-0.39, 0.29) is 27.2 Å². The van der Waals surface area contributed by atoms with Crippen LogP contribution in [0.2, 0.25) is 5.02 Å². The highest BCUT2D eigenvalue weighted by atomic mass is 35.5. The van der Waals surface area contributed by atoms with Gasteiger partial charge in [0.1, 0.15) is 4.90 Å². The number of aromatic amines is 1. The Balaban J connectivity index is 2.36. The highest BCUT2D eigenvalue weighted by molar-refractivity contribution is 7.92. The fourth-order valence-corrected chi connectivity index (χ4v) is 3.18. The van der Waals surface area contributed by atoms with Gasteiger partial charge in [-0.2, -0.15) is 10.4 Å². The molecule has 0 aliphatic carbocycles. The predicted molar refractivity (Wildman–Crippen MR) is 79.7 cm³/mol. The summed E-state index contributed by atoms with van der Waals surface area (Å²) in [6, 6.07) is 7.54. The zero-order valence-electron chi connectivity index (χ0n) is 11.4. The molecule has 0 bridgehead atoms. The van der Waals surface area contributed by atoms with Gasteiger partial charge in [0.15, 0.2) is 5.82 Å². The van der Waals surface area contributed by atoms with Crippen LogP contribution in [0, 0.1) is 11.3 Å². The summed E-state index contributed by atoms with van der Waals surface area (Å²) in [5, 5.41) is 15.5. The first-order valence-corrected chi connectivity index (χ1v) is 7.97. The fourth-order valence-electron chi connectivity index (χ4n) is 1.66. The summed E-state index contributed by atoms with van der Waals surface area (Å²) in [5.74, 6) is 0.374. The lowest BCUT2D eigenvalue weighted by Gasteiger charge is -2.07. The molecule has 1 aromatic carbocycles. The van der Waals surface area contributed by atoms with Gasteiger partial charge in [0.2, 0.25) is 0 Å². The minimum absolute atomic E-state index is 0.0427. The van der Waals surface area contributed by atoms with Gasteiger partial charge in [0.05, 0.1) is 16.7 Å². The maximum absolute atomic E-state index is 12.3. The second-order valence-electron chi connectivity index (χ2n) is 4.73. The molecule has 0 aliphatic rings. The van der Waals surface area contributed by atoms with Gasteiger partial charge in [-0.05, 0) is 24.1 Å². The minimum Gasteiger partial charge on any atom is -0.280 e. The number of halogens is 1. The average molecular weight is 325 g/mol. The van der Waals surface area contributed by atoms with Gasteiger partial charge in [-0.25, -0.2) is 8.42 Å². The highest BCUT2D eigenvalue weighted by Gasteiger charge is 2.20. The molecule has 2 rings (SSSR count). The van der Waals surface area contributed by atoms with Crippen molar-refractivity contribution < 1.29 is 8.42 Å². The molecular formula is C13H13ClN4O2S. The Hall–Kier alpha value is -2.04. The molecule has 0 spiro atoms. The Labute approximate surface area is 127 Å². The summed E-state index contributed by atoms with van der Waals surface area (Å²) in [6.45, 7) is 3.91. The summed E-state index contributed by atoms with van der Waals surface area (Å²) >= 11 is 5.90. The van der Waals surface area contributed by atoms with E-state index in [0.717, 1.165) is 5.69 Å². The molecular weight excluding hydrogens is 312 g/mol. The Morgan fingerprint density at radius 1 is 1.38 bits per heavy atom. The van der Waals surface area contributed by atoms with E-state index >= 15 is 0 Å². The van der Waals surface area contributed by atoms with Crippen molar-refractivity contribution in [1.82, 2.24) is 10.2 Å². The third-order valence-electron chi connectivity index (χ3n) is 2.81. The topological polar surface area (TPSA) is 98.6 Å². The largest absolute Gasteiger partial charge is 0.280 e. The average Bonchev–Trinajstić information content (AvgIpc) is 2.87. The van der Waals surface area contributed by atoms with E-state index in [1.54, 1.807) is 6.07 Å². The van der Waals surface area contributed by atoms with Crippen LogP contribution in [0.4, 0.5) is 5.82 Å². The van der Waals surface area contributed by atoms with Gasteiger partial charge in [0, 0.05) is 11.8 Å². The van der Waals surface area contributed by atoms with E-state index in [4.69, 9.17) is 16.9 Å². The first-order valence-electron chi connectivity index (χ1n) is 6.11. The number of nitrogens with one attached hydrogen (secondary N) is 2. The second kappa shape index (κ2) is 5.76. The fraction of sp³-hybridized carbons (Fsp3) is 0.231. The normalized spacial score (nSPS) is 11.4. The lowest BCUT2D eigenvalue weighted by molar-refractivity contribution is 0.601. The number of hydrogen-bond acceptors (Lipinski definition) is 4. The van der Waals surface area contributed by atoms with Gasteiger partial charge >= 0.3 is 0 Å². The Morgan fingerprint density at radius 2 is 2.10 bits per heavy atom. The van der Waals surface area contributed by atoms with Crippen LogP contribution in [0.1, 0.15) is 31.0 Å². The van der Waals surface area contributed by atoms with Crippen molar-refractivity contribution in [3.05, 3.63) is 40.5 Å². The Kier molecular flexibility index (Phi) is 4.21. The molecule has 0 atom stereocenters. The molecule has 0 saturated carbocycles. The predicted octanol–water partition coefficient (Wildman–Crippen LogP) is 2.86. The molecule has 1 aromatic heterocycles. The van der Waals surface area contributed by atoms with Crippen molar-refractivity contribution in [1.29, 1.82) is 5.26 Å². The maximum atomic E-state index is 12.3. The molecule has 2 aromatic rings. The zero-order valence-corrected chi connectivity index (χ0v) is 13.0. The van der Waals surface area contributed by atoms with E-state index in [1.807, 2.05) is 19.9 Å². The van der Waals surface area contributed by atoms with Gasteiger partial charge in [-0.1, -0.05) is 25.4 Å². The van der Waals surface area contributed by atoms with Crippen LogP contribution in [-0.2, 0) is 10.0 Å². The monoisotopic (exact) mass is 324 g/mol. The van der Waals surface area contributed by atoms with Crippen LogP contribution < -0.4 is 4.72 Å². The smallest absolute Gasteiger partial charge is 0.264 e. The third-order valence-corrected chi connectivity index (χ3v) is 4.64. The number of nitrogens with zero attached hydrogens (tertiary/aromatic N) is 2. The third kappa shape index (κ3) is 3.35. The van der Waals surface area contributed by atoms with Crippen molar-refractivity contribution in [2.24, 2.45) is 0 Å². The first-order chi connectivity index (χ1) is 9.83. The first kappa shape index (κ1) is 15.4.